The van der Waals surface area contributed by atoms with Crippen molar-refractivity contribution in [2.24, 2.45) is 5.92 Å². The number of benzene rings is 1. The predicted octanol–water partition coefficient (Wildman–Crippen LogP) is 4.04. The van der Waals surface area contributed by atoms with Crippen LogP contribution in [0.15, 0.2) is 18.2 Å². The maximum absolute atomic E-state index is 14.5. The number of rotatable bonds is 5. The number of piperazine rings is 1. The molecule has 1 heterocycles. The smallest absolute Gasteiger partial charge is 0.225 e. The Labute approximate surface area is 155 Å². The zero-order valence-electron chi connectivity index (χ0n) is 15.7. The van der Waals surface area contributed by atoms with Crippen molar-refractivity contribution >= 4 is 17.4 Å². The molecule has 1 aromatic carbocycles. The van der Waals surface area contributed by atoms with E-state index in [9.17, 15) is 14.0 Å². The number of halogens is 1. The van der Waals surface area contributed by atoms with E-state index in [1.54, 1.807) is 12.1 Å². The quantitative estimate of drug-likeness (QED) is 0.744. The van der Waals surface area contributed by atoms with Crippen molar-refractivity contribution in [3.05, 3.63) is 29.6 Å². The van der Waals surface area contributed by atoms with Crippen molar-refractivity contribution in [1.82, 2.24) is 4.90 Å². The summed E-state index contributed by atoms with van der Waals surface area (Å²) in [4.78, 5) is 28.5. The van der Waals surface area contributed by atoms with E-state index in [1.165, 1.54) is 12.5 Å². The monoisotopic (exact) mass is 360 g/mol. The lowest BCUT2D eigenvalue weighted by atomic mass is 9.88. The van der Waals surface area contributed by atoms with Gasteiger partial charge in [-0.2, -0.15) is 0 Å². The van der Waals surface area contributed by atoms with Crippen LogP contribution in [0.3, 0.4) is 0 Å². The Hall–Kier alpha value is -1.91. The number of carbonyl (C=O) groups excluding carboxylic acids is 2. The van der Waals surface area contributed by atoms with E-state index in [0.717, 1.165) is 32.1 Å². The Balaban J connectivity index is 1.59. The molecule has 0 atom stereocenters. The molecule has 3 rings (SSSR count). The second-order valence-corrected chi connectivity index (χ2v) is 7.49. The van der Waals surface area contributed by atoms with Crippen molar-refractivity contribution in [2.75, 3.05) is 31.1 Å². The first-order valence-corrected chi connectivity index (χ1v) is 9.96. The molecule has 2 fully saturated rings. The van der Waals surface area contributed by atoms with Crippen LogP contribution in [0.4, 0.5) is 10.1 Å². The summed E-state index contributed by atoms with van der Waals surface area (Å²) in [6.45, 7) is 4.50. The van der Waals surface area contributed by atoms with Gasteiger partial charge in [0.25, 0.3) is 0 Å². The first-order valence-electron chi connectivity index (χ1n) is 9.96. The number of ketones is 1. The normalized spacial score (nSPS) is 18.8. The zero-order valence-corrected chi connectivity index (χ0v) is 15.7. The SMILES string of the molecule is CCCC(=O)c1ccc(N2CCN(C(=O)C3CCCCC3)CC2)c(F)c1. The first kappa shape index (κ1) is 18.9. The van der Waals surface area contributed by atoms with Gasteiger partial charge in [0.05, 0.1) is 5.69 Å². The molecular weight excluding hydrogens is 331 g/mol. The van der Waals surface area contributed by atoms with E-state index in [4.69, 9.17) is 0 Å². The minimum atomic E-state index is -0.348. The molecule has 1 aliphatic heterocycles. The van der Waals surface area contributed by atoms with Crippen molar-refractivity contribution < 1.29 is 14.0 Å². The topological polar surface area (TPSA) is 40.6 Å². The highest BCUT2D eigenvalue weighted by molar-refractivity contribution is 5.96. The molecule has 1 aliphatic carbocycles. The summed E-state index contributed by atoms with van der Waals surface area (Å²) >= 11 is 0. The Kier molecular flexibility index (Phi) is 6.28. The lowest BCUT2D eigenvalue weighted by Gasteiger charge is -2.38. The molecule has 0 radical (unpaired) electrons. The highest BCUT2D eigenvalue weighted by Gasteiger charge is 2.29. The van der Waals surface area contributed by atoms with E-state index < -0.39 is 0 Å². The molecule has 0 bridgehead atoms. The summed E-state index contributed by atoms with van der Waals surface area (Å²) in [5.74, 6) is 0.112. The standard InChI is InChI=1S/C21H29FN2O2/c1-2-6-20(25)17-9-10-19(18(22)15-17)23-11-13-24(14-12-23)21(26)16-7-4-3-5-8-16/h9-10,15-16H,2-8,11-14H2,1H3. The third kappa shape index (κ3) is 4.25. The van der Waals surface area contributed by atoms with E-state index in [2.05, 4.69) is 0 Å². The molecule has 5 heteroatoms. The van der Waals surface area contributed by atoms with E-state index in [0.29, 0.717) is 43.9 Å². The molecule has 1 saturated heterocycles. The molecular formula is C21H29FN2O2. The van der Waals surface area contributed by atoms with Gasteiger partial charge in [-0.3, -0.25) is 9.59 Å². The van der Waals surface area contributed by atoms with Crippen molar-refractivity contribution in [3.8, 4) is 0 Å². The summed E-state index contributed by atoms with van der Waals surface area (Å²) in [5, 5.41) is 0. The zero-order chi connectivity index (χ0) is 18.5. The number of anilines is 1. The Morgan fingerprint density at radius 1 is 1.08 bits per heavy atom. The maximum Gasteiger partial charge on any atom is 0.225 e. The van der Waals surface area contributed by atoms with Gasteiger partial charge in [0.1, 0.15) is 5.82 Å². The summed E-state index contributed by atoms with van der Waals surface area (Å²) < 4.78 is 14.5. The van der Waals surface area contributed by atoms with Crippen LogP contribution in [-0.2, 0) is 4.79 Å². The molecule has 2 aliphatic rings. The Morgan fingerprint density at radius 3 is 2.38 bits per heavy atom. The van der Waals surface area contributed by atoms with Gasteiger partial charge in [-0.15, -0.1) is 0 Å². The maximum atomic E-state index is 14.5. The van der Waals surface area contributed by atoms with Gasteiger partial charge >= 0.3 is 0 Å². The second kappa shape index (κ2) is 8.65. The molecule has 142 valence electrons. The molecule has 26 heavy (non-hydrogen) atoms. The van der Waals surface area contributed by atoms with Gasteiger partial charge in [-0.25, -0.2) is 4.39 Å². The van der Waals surface area contributed by atoms with E-state index in [1.807, 2.05) is 16.7 Å². The van der Waals surface area contributed by atoms with Gasteiger partial charge in [0.15, 0.2) is 5.78 Å². The third-order valence-electron chi connectivity index (χ3n) is 5.63. The summed E-state index contributed by atoms with van der Waals surface area (Å²) in [7, 11) is 0. The fourth-order valence-corrected chi connectivity index (χ4v) is 4.08. The fourth-order valence-electron chi connectivity index (χ4n) is 4.08. The molecule has 4 nitrogen and oxygen atoms in total. The molecule has 0 N–H and O–H groups in total. The molecule has 1 amide bonds. The highest BCUT2D eigenvalue weighted by Crippen LogP contribution is 2.27. The van der Waals surface area contributed by atoms with Crippen molar-refractivity contribution in [2.45, 2.75) is 51.9 Å². The minimum Gasteiger partial charge on any atom is -0.366 e. The second-order valence-electron chi connectivity index (χ2n) is 7.49. The molecule has 1 aromatic rings. The summed E-state index contributed by atoms with van der Waals surface area (Å²) in [5.41, 5.74) is 0.974. The largest absolute Gasteiger partial charge is 0.366 e. The van der Waals surface area contributed by atoms with Crippen LogP contribution in [0, 0.1) is 11.7 Å². The Morgan fingerprint density at radius 2 is 1.77 bits per heavy atom. The van der Waals surface area contributed by atoms with Gasteiger partial charge in [0.2, 0.25) is 5.91 Å². The number of hydrogen-bond donors (Lipinski definition) is 0. The predicted molar refractivity (Wildman–Crippen MR) is 101 cm³/mol. The van der Waals surface area contributed by atoms with Crippen molar-refractivity contribution in [3.63, 3.8) is 0 Å². The van der Waals surface area contributed by atoms with Crippen LogP contribution in [-0.4, -0.2) is 42.8 Å². The number of amides is 1. The third-order valence-corrected chi connectivity index (χ3v) is 5.63. The number of carbonyl (C=O) groups is 2. The van der Waals surface area contributed by atoms with Gasteiger partial charge in [-0.05, 0) is 37.5 Å². The molecule has 0 aromatic heterocycles. The molecule has 0 spiro atoms. The number of hydrogen-bond acceptors (Lipinski definition) is 3. The molecule has 0 unspecified atom stereocenters. The number of Topliss-reactive ketones (excluding diaryl/α,β-unsaturated/α-hetero) is 1. The lowest BCUT2D eigenvalue weighted by Crippen LogP contribution is -2.50. The van der Waals surface area contributed by atoms with Crippen LogP contribution in [0.25, 0.3) is 0 Å². The van der Waals surface area contributed by atoms with Crippen LogP contribution in [0.5, 0.6) is 0 Å². The van der Waals surface area contributed by atoms with Crippen molar-refractivity contribution in [1.29, 1.82) is 0 Å². The van der Waals surface area contributed by atoms with Gasteiger partial charge < -0.3 is 9.80 Å². The van der Waals surface area contributed by atoms with Gasteiger partial charge in [-0.1, -0.05) is 26.2 Å². The van der Waals surface area contributed by atoms with Gasteiger partial charge in [0, 0.05) is 44.1 Å². The Bertz CT molecular complexity index is 647. The summed E-state index contributed by atoms with van der Waals surface area (Å²) in [6.07, 6.45) is 6.80. The fraction of sp³-hybridized carbons (Fsp3) is 0.619. The first-order chi connectivity index (χ1) is 12.6. The lowest BCUT2D eigenvalue weighted by molar-refractivity contribution is -0.136. The van der Waals surface area contributed by atoms with E-state index in [-0.39, 0.29) is 23.4 Å². The van der Waals surface area contributed by atoms with Crippen LogP contribution in [0.2, 0.25) is 0 Å². The highest BCUT2D eigenvalue weighted by atomic mass is 19.1. The minimum absolute atomic E-state index is 0.0131. The molecule has 1 saturated carbocycles. The average molecular weight is 360 g/mol. The van der Waals surface area contributed by atoms with Crippen LogP contribution >= 0.6 is 0 Å². The van der Waals surface area contributed by atoms with Crippen LogP contribution < -0.4 is 4.90 Å². The van der Waals surface area contributed by atoms with Crippen LogP contribution in [0.1, 0.15) is 62.2 Å². The average Bonchev–Trinajstić information content (AvgIpc) is 2.68. The number of nitrogens with zero attached hydrogens (tertiary/aromatic N) is 2. The summed E-state index contributed by atoms with van der Waals surface area (Å²) in [6, 6.07) is 4.78. The van der Waals surface area contributed by atoms with E-state index >= 15 is 0 Å².